The average molecular weight is 702 g/mol. The highest BCUT2D eigenvalue weighted by atomic mass is 16.3. The third kappa shape index (κ3) is 14.1. The number of benzene rings is 3. The van der Waals surface area contributed by atoms with E-state index < -0.39 is 24.2 Å². The van der Waals surface area contributed by atoms with Crippen molar-refractivity contribution in [3.63, 3.8) is 0 Å². The van der Waals surface area contributed by atoms with E-state index in [1.807, 2.05) is 64.1 Å². The monoisotopic (exact) mass is 701 g/mol. The Labute approximate surface area is 306 Å². The zero-order valence-electron chi connectivity index (χ0n) is 31.6. The number of amides is 3. The molecule has 0 aliphatic rings. The lowest BCUT2D eigenvalue weighted by atomic mass is 9.89. The predicted molar refractivity (Wildman–Crippen MR) is 207 cm³/mol. The van der Waals surface area contributed by atoms with Gasteiger partial charge in [0, 0.05) is 5.92 Å². The molecule has 0 aliphatic carbocycles. The second-order valence-electron chi connectivity index (χ2n) is 14.7. The van der Waals surface area contributed by atoms with Gasteiger partial charge in [0.1, 0.15) is 6.04 Å². The Morgan fingerprint density at radius 3 is 2.14 bits per heavy atom. The lowest BCUT2D eigenvalue weighted by Crippen LogP contribution is -2.54. The molecule has 0 aromatic heterocycles. The molecular formula is C43H63N3O5. The molecule has 280 valence electrons. The van der Waals surface area contributed by atoms with Gasteiger partial charge in [-0.15, -0.1) is 0 Å². The molecule has 3 aromatic carbocycles. The number of nitrogens with one attached hydrogen (secondary N) is 3. The van der Waals surface area contributed by atoms with E-state index in [2.05, 4.69) is 59.3 Å². The van der Waals surface area contributed by atoms with Crippen LogP contribution >= 0.6 is 0 Å². The van der Waals surface area contributed by atoms with Crippen molar-refractivity contribution in [1.29, 1.82) is 0 Å². The van der Waals surface area contributed by atoms with E-state index in [0.29, 0.717) is 25.7 Å². The number of hydrogen-bond acceptors (Lipinski definition) is 5. The Kier molecular flexibility index (Phi) is 18.2. The maximum atomic E-state index is 14.2. The van der Waals surface area contributed by atoms with Gasteiger partial charge in [0.05, 0.1) is 31.2 Å². The maximum Gasteiger partial charge on any atom is 0.242 e. The number of aryl methyl sites for hydroxylation is 1. The van der Waals surface area contributed by atoms with E-state index in [4.69, 9.17) is 0 Å². The summed E-state index contributed by atoms with van der Waals surface area (Å²) in [5.41, 5.74) is 2.39. The highest BCUT2D eigenvalue weighted by molar-refractivity contribution is 5.90. The molecule has 4 unspecified atom stereocenters. The SMILES string of the molecule is CCCC[C@H](NC(=O)C(CCCCc1ccccc1)Cc1cccc2ccccc12)C(=O)NC(CC(C)C)C(O)CC(=O)N[C@H](CO)C(C)CC. The summed E-state index contributed by atoms with van der Waals surface area (Å²) in [6, 6.07) is 23.0. The van der Waals surface area contributed by atoms with Crippen LogP contribution in [0.25, 0.3) is 10.8 Å². The van der Waals surface area contributed by atoms with E-state index in [1.165, 1.54) is 5.56 Å². The Morgan fingerprint density at radius 1 is 0.745 bits per heavy atom. The fourth-order valence-corrected chi connectivity index (χ4v) is 6.75. The van der Waals surface area contributed by atoms with Gasteiger partial charge in [-0.1, -0.05) is 133 Å². The second kappa shape index (κ2) is 22.2. The predicted octanol–water partition coefficient (Wildman–Crippen LogP) is 6.89. The van der Waals surface area contributed by atoms with Crippen molar-refractivity contribution in [2.75, 3.05) is 6.61 Å². The third-order valence-corrected chi connectivity index (χ3v) is 10.1. The molecule has 0 spiro atoms. The molecule has 8 nitrogen and oxygen atoms in total. The Bertz CT molecular complexity index is 1470. The summed E-state index contributed by atoms with van der Waals surface area (Å²) in [4.78, 5) is 41.0. The fourth-order valence-electron chi connectivity index (χ4n) is 6.75. The molecular weight excluding hydrogens is 638 g/mol. The molecule has 3 aromatic rings. The quantitative estimate of drug-likeness (QED) is 0.0689. The van der Waals surface area contributed by atoms with Crippen molar-refractivity contribution in [1.82, 2.24) is 16.0 Å². The number of rotatable bonds is 23. The van der Waals surface area contributed by atoms with Crippen LogP contribution in [-0.4, -0.2) is 58.8 Å². The standard InChI is InChI=1S/C43H63N3O5/c1-6-8-25-37(43(51)46-38(26-30(3)4)40(48)28-41(49)44-39(29-47)31(5)7-2)45-42(50)35(21-13-12-19-32-17-10-9-11-18-32)27-34-23-16-22-33-20-14-15-24-36(33)34/h9-11,14-18,20,22-24,30-31,35,37-40,47-48H,6-8,12-13,19,21,25-29H2,1-5H3,(H,44,49)(H,45,50)(H,46,51)/t31?,35?,37-,38?,39+,40?/m0/s1. The van der Waals surface area contributed by atoms with Gasteiger partial charge >= 0.3 is 0 Å². The van der Waals surface area contributed by atoms with Gasteiger partial charge in [-0.05, 0) is 72.3 Å². The Hall–Kier alpha value is -3.75. The van der Waals surface area contributed by atoms with E-state index in [0.717, 1.165) is 54.9 Å². The largest absolute Gasteiger partial charge is 0.394 e. The van der Waals surface area contributed by atoms with Crippen molar-refractivity contribution in [2.24, 2.45) is 17.8 Å². The van der Waals surface area contributed by atoms with Crippen molar-refractivity contribution in [3.05, 3.63) is 83.9 Å². The van der Waals surface area contributed by atoms with Crippen LogP contribution < -0.4 is 16.0 Å². The third-order valence-electron chi connectivity index (χ3n) is 10.1. The topological polar surface area (TPSA) is 128 Å². The van der Waals surface area contributed by atoms with Gasteiger partial charge in [0.2, 0.25) is 17.7 Å². The first-order chi connectivity index (χ1) is 24.6. The normalized spacial score (nSPS) is 15.1. The summed E-state index contributed by atoms with van der Waals surface area (Å²) in [6.07, 6.45) is 6.06. The van der Waals surface area contributed by atoms with E-state index in [9.17, 15) is 24.6 Å². The summed E-state index contributed by atoms with van der Waals surface area (Å²) in [5.74, 6) is -0.956. The van der Waals surface area contributed by atoms with Gasteiger partial charge in [-0.3, -0.25) is 14.4 Å². The summed E-state index contributed by atoms with van der Waals surface area (Å²) < 4.78 is 0. The van der Waals surface area contributed by atoms with Crippen LogP contribution in [0, 0.1) is 17.8 Å². The first kappa shape index (κ1) is 41.7. The molecule has 8 heteroatoms. The zero-order valence-corrected chi connectivity index (χ0v) is 31.6. The minimum Gasteiger partial charge on any atom is -0.394 e. The number of unbranched alkanes of at least 4 members (excludes halogenated alkanes) is 2. The molecule has 0 saturated heterocycles. The highest BCUT2D eigenvalue weighted by Gasteiger charge is 2.31. The molecule has 0 heterocycles. The molecule has 0 fully saturated rings. The number of carbonyl (C=O) groups excluding carboxylic acids is 3. The summed E-state index contributed by atoms with van der Waals surface area (Å²) in [7, 11) is 0. The molecule has 6 atom stereocenters. The highest BCUT2D eigenvalue weighted by Crippen LogP contribution is 2.25. The second-order valence-corrected chi connectivity index (χ2v) is 14.7. The van der Waals surface area contributed by atoms with Crippen molar-refractivity contribution in [3.8, 4) is 0 Å². The molecule has 3 rings (SSSR count). The Balaban J connectivity index is 1.76. The molecule has 0 aliphatic heterocycles. The van der Waals surface area contributed by atoms with Gasteiger partial charge in [0.25, 0.3) is 0 Å². The summed E-state index contributed by atoms with van der Waals surface area (Å²) in [6.45, 7) is 9.83. The lowest BCUT2D eigenvalue weighted by Gasteiger charge is -2.29. The molecule has 0 radical (unpaired) electrons. The average Bonchev–Trinajstić information content (AvgIpc) is 3.13. The Morgan fingerprint density at radius 2 is 1.45 bits per heavy atom. The molecule has 51 heavy (non-hydrogen) atoms. The first-order valence-electron chi connectivity index (χ1n) is 19.3. The van der Waals surface area contributed by atoms with Gasteiger partial charge < -0.3 is 26.2 Å². The van der Waals surface area contributed by atoms with Crippen LogP contribution in [0.2, 0.25) is 0 Å². The number of aliphatic hydroxyl groups excluding tert-OH is 2. The van der Waals surface area contributed by atoms with E-state index >= 15 is 0 Å². The zero-order chi connectivity index (χ0) is 37.2. The molecule has 3 amide bonds. The van der Waals surface area contributed by atoms with Crippen LogP contribution in [0.4, 0.5) is 0 Å². The number of carbonyl (C=O) groups is 3. The van der Waals surface area contributed by atoms with E-state index in [1.54, 1.807) is 0 Å². The maximum absolute atomic E-state index is 14.2. The van der Waals surface area contributed by atoms with Crippen LogP contribution in [-0.2, 0) is 27.2 Å². The minimum atomic E-state index is -1.13. The van der Waals surface area contributed by atoms with Crippen LogP contribution in [0.3, 0.4) is 0 Å². The van der Waals surface area contributed by atoms with Gasteiger partial charge in [-0.25, -0.2) is 0 Å². The van der Waals surface area contributed by atoms with Crippen LogP contribution in [0.15, 0.2) is 72.8 Å². The molecule has 0 saturated carbocycles. The fraction of sp³-hybridized carbons (Fsp3) is 0.558. The minimum absolute atomic E-state index is 0.0819. The number of fused-ring (bicyclic) bond motifs is 1. The molecule has 0 bridgehead atoms. The van der Waals surface area contributed by atoms with Crippen molar-refractivity contribution in [2.45, 2.75) is 129 Å². The summed E-state index contributed by atoms with van der Waals surface area (Å²) in [5, 5.41) is 32.2. The first-order valence-corrected chi connectivity index (χ1v) is 19.3. The van der Waals surface area contributed by atoms with Crippen LogP contribution in [0.1, 0.15) is 104 Å². The summed E-state index contributed by atoms with van der Waals surface area (Å²) >= 11 is 0. The smallest absolute Gasteiger partial charge is 0.242 e. The molecule has 5 N–H and O–H groups in total. The van der Waals surface area contributed by atoms with Gasteiger partial charge in [0.15, 0.2) is 0 Å². The van der Waals surface area contributed by atoms with Crippen molar-refractivity contribution >= 4 is 28.5 Å². The number of aliphatic hydroxyl groups is 2. The number of hydrogen-bond donors (Lipinski definition) is 5. The van der Waals surface area contributed by atoms with Gasteiger partial charge in [-0.2, -0.15) is 0 Å². The van der Waals surface area contributed by atoms with Crippen LogP contribution in [0.5, 0.6) is 0 Å². The lowest BCUT2D eigenvalue weighted by molar-refractivity contribution is -0.132. The van der Waals surface area contributed by atoms with E-state index in [-0.39, 0.29) is 48.5 Å². The van der Waals surface area contributed by atoms with Crippen molar-refractivity contribution < 1.29 is 24.6 Å².